The third-order valence-electron chi connectivity index (χ3n) is 18.7. The summed E-state index contributed by atoms with van der Waals surface area (Å²) in [5, 5.41) is 143. The van der Waals surface area contributed by atoms with Crippen molar-refractivity contribution in [1.29, 1.82) is 0 Å². The predicted molar refractivity (Wildman–Crippen MR) is 523 cm³/mol. The first kappa shape index (κ1) is 109. The summed E-state index contributed by atoms with van der Waals surface area (Å²) in [4.78, 5) is 6.83. The summed E-state index contributed by atoms with van der Waals surface area (Å²) in [6.45, 7) is 0. The molecule has 0 aromatic heterocycles. The number of rotatable bonds is 18. The molecule has 0 bridgehead atoms. The Labute approximate surface area is 893 Å². The molecule has 18 aromatic carbocycles. The molecule has 0 fully saturated rings. The molecule has 132 heavy (non-hydrogen) atoms. The predicted octanol–water partition coefficient (Wildman–Crippen LogP) is 19.6. The van der Waals surface area contributed by atoms with Gasteiger partial charge < -0.3 is 61.3 Å². The first-order valence-corrected chi connectivity index (χ1v) is 44.2. The van der Waals surface area contributed by atoms with Gasteiger partial charge in [0.05, 0.1) is 0 Å². The van der Waals surface area contributed by atoms with E-state index in [0.29, 0.717) is 58.7 Å². The average molecular weight is 1900 g/mol. The van der Waals surface area contributed by atoms with Crippen LogP contribution >= 0.6 is 70.6 Å². The fourth-order valence-electron chi connectivity index (χ4n) is 12.3. The number of hydrogen-bond acceptors (Lipinski definition) is 18. The second-order valence-corrected chi connectivity index (χ2v) is 34.0. The fraction of sp³-hybridized carbons (Fsp3) is 0. The Bertz CT molecular complexity index is 5600. The molecule has 0 aliphatic heterocycles. The van der Waals surface area contributed by atoms with Crippen LogP contribution in [0, 0.1) is 0 Å². The molecule has 0 saturated carbocycles. The van der Waals surface area contributed by atoms with E-state index in [2.05, 4.69) is 0 Å². The zero-order valence-electron chi connectivity index (χ0n) is 71.2. The van der Waals surface area contributed by atoms with Crippen molar-refractivity contribution in [1.82, 2.24) is 0 Å². The van der Waals surface area contributed by atoms with Gasteiger partial charge >= 0.3 is 142 Å². The van der Waals surface area contributed by atoms with Crippen molar-refractivity contribution in [2.45, 2.75) is 58.7 Å². The largest absolute Gasteiger partial charge is 2.00 e. The molecule has 624 valence electrons. The first-order chi connectivity index (χ1) is 61.4. The van der Waals surface area contributed by atoms with Crippen LogP contribution in [0.2, 0.25) is 0 Å². The minimum atomic E-state index is -0.0794. The Morgan fingerprint density at radius 2 is 0.220 bits per heavy atom. The summed E-state index contributed by atoms with van der Waals surface area (Å²) < 4.78 is 0. The quantitative estimate of drug-likeness (QED) is 0.0722. The van der Waals surface area contributed by atoms with Gasteiger partial charge in [-0.15, -0.1) is 0 Å². The van der Waals surface area contributed by atoms with Crippen molar-refractivity contribution in [3.63, 3.8) is 0 Å². The molecule has 0 N–H and O–H groups in total. The zero-order valence-corrected chi connectivity index (χ0v) is 83.3. The second kappa shape index (κ2) is 56.3. The van der Waals surface area contributed by atoms with Gasteiger partial charge in [0.2, 0.25) is 0 Å². The van der Waals surface area contributed by atoms with E-state index in [-0.39, 0.29) is 211 Å². The van der Waals surface area contributed by atoms with E-state index in [1.807, 2.05) is 255 Å². The molecule has 18 aromatic rings. The van der Waals surface area contributed by atoms with Crippen LogP contribution in [0.3, 0.4) is 0 Å². The fourth-order valence-corrected chi connectivity index (χ4v) is 17.7. The summed E-state index contributed by atoms with van der Waals surface area (Å²) in [6, 6.07) is 131. The maximum Gasteiger partial charge on any atom is 2.00 e. The Kier molecular flexibility index (Phi) is 46.5. The molecule has 18 rings (SSSR count). The Morgan fingerprint density at radius 3 is 0.348 bits per heavy atom. The van der Waals surface area contributed by atoms with Crippen LogP contribution < -0.4 is 61.3 Å². The summed E-state index contributed by atoms with van der Waals surface area (Å²) in [5.74, 6) is -0.778. The topological polar surface area (TPSA) is 277 Å². The van der Waals surface area contributed by atoms with E-state index in [9.17, 15) is 61.3 Å². The van der Waals surface area contributed by atoms with Crippen LogP contribution in [-0.4, -0.2) is 142 Å². The van der Waals surface area contributed by atoms with Gasteiger partial charge in [-0.1, -0.05) is 504 Å². The van der Waals surface area contributed by atoms with Crippen molar-refractivity contribution >= 4 is 212 Å². The molecule has 0 heterocycles. The molecule has 0 saturated heterocycles. The number of para-hydroxylation sites is 6. The Balaban J connectivity index is 0.000000219. The van der Waals surface area contributed by atoms with E-state index in [1.54, 1.807) is 146 Å². The third kappa shape index (κ3) is 32.1. The van der Waals surface area contributed by atoms with Crippen molar-refractivity contribution in [3.8, 4) is 136 Å². The van der Waals surface area contributed by atoms with Gasteiger partial charge in [0.1, 0.15) is 0 Å². The molecule has 24 heteroatoms. The molecule has 0 unspecified atom stereocenters. The van der Waals surface area contributed by atoms with Crippen LogP contribution in [0.1, 0.15) is 0 Å². The van der Waals surface area contributed by atoms with Gasteiger partial charge in [0.25, 0.3) is 0 Å². The molecule has 0 atom stereocenters. The average Bonchev–Trinajstić information content (AvgIpc) is 0.817. The standard InChI is InChI=1S/3C24H18O2S.3C12H10O2S.2Be.2Ca.2Mg/c3*25-21-13-11-19(17-7-3-1-4-8-17)15-23(21)27-24-16-20(12-14-22(24)26)18-9-5-2-6-10-18;3*13-9-5-1-3-7-11(9)15-12-8-4-2-6-10(12)14;;;;;;/h3*1-16,25-26H;3*1-8,13-14H;;;;;;/q;;;;;;6*+2/p-12. The van der Waals surface area contributed by atoms with Crippen LogP contribution in [0.25, 0.3) is 66.8 Å². The number of hydrogen-bond donors (Lipinski definition) is 0. The van der Waals surface area contributed by atoms with Gasteiger partial charge in [-0.05, 0) is 140 Å². The van der Waals surface area contributed by atoms with Crippen LogP contribution in [0.15, 0.2) is 496 Å². The van der Waals surface area contributed by atoms with Gasteiger partial charge in [0.15, 0.2) is 0 Å². The SMILES string of the molecule is [Be+2].[Be+2].[Ca+2].[Ca+2].[Mg+2].[Mg+2].[O-]c1ccc(-c2ccccc2)cc1Sc1cc(-c2ccccc2)ccc1[O-].[O-]c1ccc(-c2ccccc2)cc1Sc1cc(-c2ccccc2)ccc1[O-].[O-]c1ccc(-c2ccccc2)cc1Sc1cc(-c2ccccc2)ccc1[O-].[O-]c1ccccc1Sc1ccccc1[O-].[O-]c1ccccc1Sc1ccccc1[O-].[O-]c1ccccc1Sc1ccccc1[O-]. The van der Waals surface area contributed by atoms with Gasteiger partial charge in [-0.25, -0.2) is 0 Å². The van der Waals surface area contributed by atoms with Crippen LogP contribution in [-0.2, 0) is 0 Å². The van der Waals surface area contributed by atoms with E-state index < -0.39 is 0 Å². The minimum absolute atomic E-state index is 0. The van der Waals surface area contributed by atoms with Gasteiger partial charge in [-0.3, -0.25) is 0 Å². The zero-order chi connectivity index (χ0) is 87.9. The van der Waals surface area contributed by atoms with Gasteiger partial charge in [-0.2, -0.15) is 0 Å². The van der Waals surface area contributed by atoms with Crippen molar-refractivity contribution in [2.75, 3.05) is 0 Å². The molecule has 0 aliphatic rings. The Hall–Kier alpha value is -9.95. The molecule has 0 aliphatic carbocycles. The summed E-state index contributed by atoms with van der Waals surface area (Å²) in [5.41, 5.74) is 12.0. The smallest absolute Gasteiger partial charge is 0.872 e. The van der Waals surface area contributed by atoms with E-state index in [1.165, 1.54) is 107 Å². The van der Waals surface area contributed by atoms with Crippen molar-refractivity contribution in [3.05, 3.63) is 437 Å². The maximum atomic E-state index is 12.4. The summed E-state index contributed by atoms with van der Waals surface area (Å²) >= 11 is 7.35. The van der Waals surface area contributed by atoms with Crippen molar-refractivity contribution in [2.24, 2.45) is 0 Å². The van der Waals surface area contributed by atoms with Crippen molar-refractivity contribution < 1.29 is 61.3 Å². The monoisotopic (exact) mass is 1900 g/mol. The maximum absolute atomic E-state index is 12.4. The molecule has 12 nitrogen and oxygen atoms in total. The van der Waals surface area contributed by atoms with Gasteiger partial charge in [0, 0.05) is 58.7 Å². The van der Waals surface area contributed by atoms with E-state index in [4.69, 9.17) is 0 Å². The first-order valence-electron chi connectivity index (χ1n) is 39.3. The molecule has 0 amide bonds. The molecular formula is C108H72Be2Ca2Mg2O12S6. The molecular weight excluding hydrogens is 1830 g/mol. The third-order valence-corrected chi connectivity index (χ3v) is 25.3. The van der Waals surface area contributed by atoms with Crippen LogP contribution in [0.4, 0.5) is 0 Å². The van der Waals surface area contributed by atoms with E-state index in [0.717, 1.165) is 66.8 Å². The normalized spacial score (nSPS) is 10.0. The molecule has 0 spiro atoms. The van der Waals surface area contributed by atoms with E-state index >= 15 is 0 Å². The minimum Gasteiger partial charge on any atom is -0.872 e. The number of benzene rings is 18. The van der Waals surface area contributed by atoms with Crippen LogP contribution in [0.5, 0.6) is 69.0 Å². The summed E-state index contributed by atoms with van der Waals surface area (Å²) in [7, 11) is 0. The second-order valence-electron chi connectivity index (χ2n) is 27.5. The molecule has 0 radical (unpaired) electrons. The summed E-state index contributed by atoms with van der Waals surface area (Å²) in [6.07, 6.45) is 0. The Morgan fingerprint density at radius 1 is 0.114 bits per heavy atom.